The Morgan fingerprint density at radius 3 is 2.85 bits per heavy atom. The maximum atomic E-state index is 6.15. The summed E-state index contributed by atoms with van der Waals surface area (Å²) >= 11 is 0. The third-order valence-electron chi connectivity index (χ3n) is 4.30. The van der Waals surface area contributed by atoms with E-state index in [0.29, 0.717) is 6.04 Å². The lowest BCUT2D eigenvalue weighted by Gasteiger charge is -2.37. The van der Waals surface area contributed by atoms with E-state index in [9.17, 15) is 0 Å². The second-order valence-electron chi connectivity index (χ2n) is 5.85. The summed E-state index contributed by atoms with van der Waals surface area (Å²) in [4.78, 5) is 2.49. The van der Waals surface area contributed by atoms with Crippen LogP contribution in [0.2, 0.25) is 0 Å². The van der Waals surface area contributed by atoms with Gasteiger partial charge in [-0.2, -0.15) is 0 Å². The van der Waals surface area contributed by atoms with Crippen LogP contribution in [-0.4, -0.2) is 6.04 Å². The second-order valence-corrected chi connectivity index (χ2v) is 5.85. The number of anilines is 2. The number of nitrogens with two attached hydrogens (primary N) is 1. The Hall–Kier alpha value is -1.96. The highest BCUT2D eigenvalue weighted by Crippen LogP contribution is 2.32. The van der Waals surface area contributed by atoms with E-state index in [0.717, 1.165) is 12.2 Å². The fourth-order valence-corrected chi connectivity index (χ4v) is 3.06. The third kappa shape index (κ3) is 2.38. The summed E-state index contributed by atoms with van der Waals surface area (Å²) in [5.74, 6) is 0. The lowest BCUT2D eigenvalue weighted by atomic mass is 9.95. The summed E-state index contributed by atoms with van der Waals surface area (Å²) in [6.07, 6.45) is 2.39. The Balaban J connectivity index is 1.95. The zero-order chi connectivity index (χ0) is 14.1. The van der Waals surface area contributed by atoms with Gasteiger partial charge in [0.2, 0.25) is 0 Å². The van der Waals surface area contributed by atoms with Crippen LogP contribution in [0.5, 0.6) is 0 Å². The van der Waals surface area contributed by atoms with Gasteiger partial charge in [0, 0.05) is 24.0 Å². The summed E-state index contributed by atoms with van der Waals surface area (Å²) in [6.45, 7) is 5.32. The zero-order valence-electron chi connectivity index (χ0n) is 12.3. The van der Waals surface area contributed by atoms with Gasteiger partial charge in [-0.25, -0.2) is 0 Å². The highest BCUT2D eigenvalue weighted by molar-refractivity contribution is 5.58. The summed E-state index contributed by atoms with van der Waals surface area (Å²) < 4.78 is 0. The molecule has 0 fully saturated rings. The molecule has 104 valence electrons. The topological polar surface area (TPSA) is 29.3 Å². The molecule has 0 saturated carbocycles. The molecule has 20 heavy (non-hydrogen) atoms. The van der Waals surface area contributed by atoms with Crippen LogP contribution in [0.4, 0.5) is 11.4 Å². The van der Waals surface area contributed by atoms with Crippen molar-refractivity contribution in [2.45, 2.75) is 39.3 Å². The van der Waals surface area contributed by atoms with Gasteiger partial charge in [0.15, 0.2) is 0 Å². The van der Waals surface area contributed by atoms with Crippen molar-refractivity contribution in [3.63, 3.8) is 0 Å². The molecule has 0 aromatic heterocycles. The van der Waals surface area contributed by atoms with Gasteiger partial charge in [-0.05, 0) is 49.9 Å². The van der Waals surface area contributed by atoms with Gasteiger partial charge in [-0.15, -0.1) is 0 Å². The summed E-state index contributed by atoms with van der Waals surface area (Å²) in [7, 11) is 0. The number of para-hydroxylation sites is 1. The van der Waals surface area contributed by atoms with Gasteiger partial charge in [-0.1, -0.05) is 35.9 Å². The molecule has 0 aliphatic carbocycles. The van der Waals surface area contributed by atoms with E-state index < -0.39 is 0 Å². The van der Waals surface area contributed by atoms with Crippen molar-refractivity contribution >= 4 is 11.4 Å². The predicted octanol–water partition coefficient (Wildman–Crippen LogP) is 3.92. The van der Waals surface area contributed by atoms with Crippen LogP contribution in [0, 0.1) is 6.92 Å². The molecular weight excluding hydrogens is 244 g/mol. The first-order valence-corrected chi connectivity index (χ1v) is 7.34. The molecule has 0 spiro atoms. The van der Waals surface area contributed by atoms with Gasteiger partial charge < -0.3 is 10.6 Å². The van der Waals surface area contributed by atoms with E-state index in [2.05, 4.69) is 55.1 Å². The molecule has 3 rings (SSSR count). The van der Waals surface area contributed by atoms with E-state index in [4.69, 9.17) is 5.73 Å². The molecule has 2 heteroatoms. The lowest BCUT2D eigenvalue weighted by molar-refractivity contribution is 0.560. The molecule has 1 heterocycles. The van der Waals surface area contributed by atoms with E-state index >= 15 is 0 Å². The van der Waals surface area contributed by atoms with Gasteiger partial charge in [0.05, 0.1) is 0 Å². The van der Waals surface area contributed by atoms with Gasteiger partial charge in [0.25, 0.3) is 0 Å². The minimum absolute atomic E-state index is 0.560. The fourth-order valence-electron chi connectivity index (χ4n) is 3.06. The van der Waals surface area contributed by atoms with Crippen molar-refractivity contribution in [1.82, 2.24) is 0 Å². The Morgan fingerprint density at radius 1 is 1.20 bits per heavy atom. The zero-order valence-corrected chi connectivity index (χ0v) is 12.3. The van der Waals surface area contributed by atoms with Crippen molar-refractivity contribution in [2.75, 3.05) is 10.6 Å². The Morgan fingerprint density at radius 2 is 2.00 bits per heavy atom. The highest BCUT2D eigenvalue weighted by Gasteiger charge is 2.23. The first kappa shape index (κ1) is 13.0. The predicted molar refractivity (Wildman–Crippen MR) is 86.0 cm³/mol. The maximum Gasteiger partial charge on any atom is 0.0453 e. The SMILES string of the molecule is Cc1ccc(N)c(CN2c3ccccc3CCC2C)c1. The van der Waals surface area contributed by atoms with Crippen LogP contribution < -0.4 is 10.6 Å². The van der Waals surface area contributed by atoms with Crippen molar-refractivity contribution in [3.05, 3.63) is 59.2 Å². The molecule has 0 saturated heterocycles. The van der Waals surface area contributed by atoms with Crippen LogP contribution >= 0.6 is 0 Å². The summed E-state index contributed by atoms with van der Waals surface area (Å²) in [5.41, 5.74) is 12.4. The fraction of sp³-hybridized carbons (Fsp3) is 0.333. The van der Waals surface area contributed by atoms with Crippen LogP contribution in [-0.2, 0) is 13.0 Å². The third-order valence-corrected chi connectivity index (χ3v) is 4.30. The van der Waals surface area contributed by atoms with Crippen LogP contribution in [0.1, 0.15) is 30.0 Å². The standard InChI is InChI=1S/C18H22N2/c1-13-7-10-17(19)16(11-13)12-20-14(2)8-9-15-5-3-4-6-18(15)20/h3-7,10-11,14H,8-9,12,19H2,1-2H3. The largest absolute Gasteiger partial charge is 0.398 e. The number of hydrogen-bond acceptors (Lipinski definition) is 2. The number of benzene rings is 2. The minimum atomic E-state index is 0.560. The van der Waals surface area contributed by atoms with Gasteiger partial charge >= 0.3 is 0 Å². The molecule has 0 bridgehead atoms. The molecule has 0 radical (unpaired) electrons. The molecular formula is C18H22N2. The number of nitrogen functional groups attached to an aromatic ring is 1. The maximum absolute atomic E-state index is 6.15. The number of hydrogen-bond donors (Lipinski definition) is 1. The summed E-state index contributed by atoms with van der Waals surface area (Å²) in [5, 5.41) is 0. The number of fused-ring (bicyclic) bond motifs is 1. The Labute approximate surface area is 121 Å². The average molecular weight is 266 g/mol. The van der Waals surface area contributed by atoms with Crippen molar-refractivity contribution < 1.29 is 0 Å². The van der Waals surface area contributed by atoms with E-state index in [1.165, 1.54) is 35.2 Å². The smallest absolute Gasteiger partial charge is 0.0453 e. The number of rotatable bonds is 2. The Kier molecular flexibility index (Phi) is 3.39. The van der Waals surface area contributed by atoms with Crippen molar-refractivity contribution in [3.8, 4) is 0 Å². The molecule has 2 aromatic rings. The first-order valence-electron chi connectivity index (χ1n) is 7.34. The quantitative estimate of drug-likeness (QED) is 0.835. The Bertz CT molecular complexity index is 619. The van der Waals surface area contributed by atoms with Gasteiger partial charge in [-0.3, -0.25) is 0 Å². The van der Waals surface area contributed by atoms with E-state index in [1.54, 1.807) is 0 Å². The number of aryl methyl sites for hydroxylation is 2. The van der Waals surface area contributed by atoms with Crippen LogP contribution in [0.15, 0.2) is 42.5 Å². The highest BCUT2D eigenvalue weighted by atomic mass is 15.2. The van der Waals surface area contributed by atoms with Crippen LogP contribution in [0.3, 0.4) is 0 Å². The van der Waals surface area contributed by atoms with Crippen molar-refractivity contribution in [2.24, 2.45) is 0 Å². The molecule has 1 unspecified atom stereocenters. The number of nitrogens with zero attached hydrogens (tertiary/aromatic N) is 1. The first-order chi connectivity index (χ1) is 9.65. The second kappa shape index (κ2) is 5.20. The molecule has 1 aliphatic heterocycles. The average Bonchev–Trinajstić information content (AvgIpc) is 2.46. The molecule has 2 aromatic carbocycles. The molecule has 1 aliphatic rings. The molecule has 2 N–H and O–H groups in total. The normalized spacial score (nSPS) is 17.9. The minimum Gasteiger partial charge on any atom is -0.398 e. The monoisotopic (exact) mass is 266 g/mol. The van der Waals surface area contributed by atoms with Crippen molar-refractivity contribution in [1.29, 1.82) is 0 Å². The lowest BCUT2D eigenvalue weighted by Crippen LogP contribution is -2.36. The van der Waals surface area contributed by atoms with E-state index in [1.807, 2.05) is 6.07 Å². The molecule has 2 nitrogen and oxygen atoms in total. The molecule has 0 amide bonds. The van der Waals surface area contributed by atoms with Crippen LogP contribution in [0.25, 0.3) is 0 Å². The van der Waals surface area contributed by atoms with E-state index in [-0.39, 0.29) is 0 Å². The van der Waals surface area contributed by atoms with Gasteiger partial charge in [0.1, 0.15) is 0 Å². The molecule has 1 atom stereocenters. The summed E-state index contributed by atoms with van der Waals surface area (Å²) in [6, 6.07) is 15.6.